The first-order chi connectivity index (χ1) is 15.9. The Hall–Kier alpha value is -1.63. The van der Waals surface area contributed by atoms with Crippen molar-refractivity contribution in [1.82, 2.24) is 0 Å². The van der Waals surface area contributed by atoms with Crippen molar-refractivity contribution in [3.63, 3.8) is 0 Å². The summed E-state index contributed by atoms with van der Waals surface area (Å²) in [6.45, 7) is 5.32. The molecule has 7 nitrogen and oxygen atoms in total. The van der Waals surface area contributed by atoms with Gasteiger partial charge in [0.2, 0.25) is 0 Å². The number of aliphatic hydroxyl groups excluding tert-OH is 1. The molecule has 33 heavy (non-hydrogen) atoms. The van der Waals surface area contributed by atoms with Gasteiger partial charge >= 0.3 is 17.9 Å². The smallest absolute Gasteiger partial charge is 0.305 e. The first-order valence-electron chi connectivity index (χ1n) is 13.0. The van der Waals surface area contributed by atoms with E-state index in [2.05, 4.69) is 13.8 Å². The predicted molar refractivity (Wildman–Crippen MR) is 129 cm³/mol. The number of carbonyl (C=O) groups is 3. The number of unbranched alkanes of at least 4 members (excludes halogenated alkanes) is 9. The summed E-state index contributed by atoms with van der Waals surface area (Å²) in [7, 11) is 0. The van der Waals surface area contributed by atoms with Gasteiger partial charge in [0.15, 0.2) is 0 Å². The highest BCUT2D eigenvalue weighted by atomic mass is 16.6. The van der Waals surface area contributed by atoms with Gasteiger partial charge in [0, 0.05) is 19.3 Å². The van der Waals surface area contributed by atoms with Gasteiger partial charge in [-0.2, -0.15) is 0 Å². The van der Waals surface area contributed by atoms with Gasteiger partial charge in [-0.25, -0.2) is 0 Å². The minimum atomic E-state index is -1.16. The van der Waals surface area contributed by atoms with Crippen LogP contribution in [-0.2, 0) is 28.6 Å². The molecule has 194 valence electrons. The van der Waals surface area contributed by atoms with Gasteiger partial charge in [0.25, 0.3) is 0 Å². The molecule has 0 saturated heterocycles. The van der Waals surface area contributed by atoms with E-state index >= 15 is 0 Å². The maximum absolute atomic E-state index is 12.2. The van der Waals surface area contributed by atoms with Crippen LogP contribution in [0.2, 0.25) is 0 Å². The van der Waals surface area contributed by atoms with Crippen LogP contribution in [0.5, 0.6) is 0 Å². The molecule has 7 heteroatoms. The number of hydrogen-bond donors (Lipinski definition) is 1. The highest BCUT2D eigenvalue weighted by Crippen LogP contribution is 2.21. The van der Waals surface area contributed by atoms with Crippen LogP contribution in [0.3, 0.4) is 0 Å². The van der Waals surface area contributed by atoms with E-state index in [-0.39, 0.29) is 44.1 Å². The molecule has 1 N–H and O–H groups in total. The Morgan fingerprint density at radius 1 is 0.545 bits per heavy atom. The molecular formula is C26H48O7. The van der Waals surface area contributed by atoms with E-state index in [1.54, 1.807) is 0 Å². The zero-order valence-electron chi connectivity index (χ0n) is 21.3. The van der Waals surface area contributed by atoms with Crippen molar-refractivity contribution in [1.29, 1.82) is 0 Å². The fraction of sp³-hybridized carbons (Fsp3) is 0.885. The molecule has 1 unspecified atom stereocenters. The summed E-state index contributed by atoms with van der Waals surface area (Å²) in [5.41, 5.74) is -1.16. The summed E-state index contributed by atoms with van der Waals surface area (Å²) >= 11 is 0. The van der Waals surface area contributed by atoms with Crippen LogP contribution in [0.4, 0.5) is 0 Å². The summed E-state index contributed by atoms with van der Waals surface area (Å²) < 4.78 is 16.1. The first-order valence-corrected chi connectivity index (χ1v) is 13.0. The Morgan fingerprint density at radius 3 is 1.27 bits per heavy atom. The van der Waals surface area contributed by atoms with Crippen molar-refractivity contribution >= 4 is 17.9 Å². The molecule has 0 spiro atoms. The lowest BCUT2D eigenvalue weighted by Crippen LogP contribution is -2.42. The van der Waals surface area contributed by atoms with Crippen LogP contribution < -0.4 is 0 Å². The van der Waals surface area contributed by atoms with Crippen molar-refractivity contribution in [3.8, 4) is 0 Å². The van der Waals surface area contributed by atoms with Gasteiger partial charge in [-0.1, -0.05) is 78.6 Å². The summed E-state index contributed by atoms with van der Waals surface area (Å²) in [5.74, 6) is -1.09. The normalized spacial score (nSPS) is 12.7. The third kappa shape index (κ3) is 17.5. The van der Waals surface area contributed by atoms with Gasteiger partial charge in [0.05, 0.1) is 12.0 Å². The third-order valence-corrected chi connectivity index (χ3v) is 5.66. The van der Waals surface area contributed by atoms with Crippen molar-refractivity contribution < 1.29 is 33.7 Å². The molecule has 0 saturated carbocycles. The Bertz CT molecular complexity index is 521. The minimum Gasteiger partial charge on any atom is -0.465 e. The standard InChI is InChI=1S/C26H48O7/c1-4-7-10-12-13-15-18-25(30)33-22-26(19-27,20-31-23(28)16-9-6-3)21-32-24(29)17-14-11-8-5-2/h27H,4-22H2,1-3H3. The van der Waals surface area contributed by atoms with Crippen molar-refractivity contribution in [2.75, 3.05) is 26.4 Å². The van der Waals surface area contributed by atoms with Crippen LogP contribution in [0.1, 0.15) is 117 Å². The largest absolute Gasteiger partial charge is 0.465 e. The van der Waals surface area contributed by atoms with E-state index in [1.165, 1.54) is 19.3 Å². The van der Waals surface area contributed by atoms with Crippen LogP contribution in [0.15, 0.2) is 0 Å². The maximum Gasteiger partial charge on any atom is 0.305 e. The number of aliphatic hydroxyl groups is 1. The van der Waals surface area contributed by atoms with E-state index in [0.29, 0.717) is 19.3 Å². The Morgan fingerprint density at radius 2 is 0.879 bits per heavy atom. The SMILES string of the molecule is CCCCCCCCC(=O)OCC(CO)(COC(=O)CCCC)COC(=O)CCCCCC. The lowest BCUT2D eigenvalue weighted by atomic mass is 9.92. The lowest BCUT2D eigenvalue weighted by Gasteiger charge is -2.30. The number of ether oxygens (including phenoxy) is 3. The molecule has 0 aliphatic heterocycles. The number of hydrogen-bond acceptors (Lipinski definition) is 7. The molecule has 0 aromatic rings. The second-order valence-corrected chi connectivity index (χ2v) is 9.07. The van der Waals surface area contributed by atoms with Crippen molar-refractivity contribution in [2.45, 2.75) is 117 Å². The second-order valence-electron chi connectivity index (χ2n) is 9.07. The Labute approximate surface area is 200 Å². The molecule has 1 atom stereocenters. The average Bonchev–Trinajstić information content (AvgIpc) is 2.82. The summed E-state index contributed by atoms with van der Waals surface area (Å²) in [6.07, 6.45) is 12.7. The lowest BCUT2D eigenvalue weighted by molar-refractivity contribution is -0.165. The maximum atomic E-state index is 12.2. The quantitative estimate of drug-likeness (QED) is 0.126. The van der Waals surface area contributed by atoms with Crippen molar-refractivity contribution in [3.05, 3.63) is 0 Å². The zero-order valence-corrected chi connectivity index (χ0v) is 21.3. The van der Waals surface area contributed by atoms with E-state index in [1.807, 2.05) is 6.92 Å². The zero-order chi connectivity index (χ0) is 24.8. The topological polar surface area (TPSA) is 99.1 Å². The molecule has 0 heterocycles. The summed E-state index contributed by atoms with van der Waals surface area (Å²) in [5, 5.41) is 10.1. The van der Waals surface area contributed by atoms with E-state index in [0.717, 1.165) is 51.4 Å². The molecule has 0 rings (SSSR count). The van der Waals surface area contributed by atoms with Crippen LogP contribution in [0, 0.1) is 5.41 Å². The number of esters is 3. The fourth-order valence-electron chi connectivity index (χ4n) is 3.25. The second kappa shape index (κ2) is 20.9. The summed E-state index contributed by atoms with van der Waals surface area (Å²) in [4.78, 5) is 36.3. The van der Waals surface area contributed by atoms with E-state index in [4.69, 9.17) is 14.2 Å². The fourth-order valence-corrected chi connectivity index (χ4v) is 3.25. The molecule has 0 radical (unpaired) electrons. The summed E-state index contributed by atoms with van der Waals surface area (Å²) in [6, 6.07) is 0. The molecule has 0 aromatic heterocycles. The molecule has 0 aliphatic rings. The van der Waals surface area contributed by atoms with E-state index in [9.17, 15) is 19.5 Å². The molecule has 0 amide bonds. The van der Waals surface area contributed by atoms with Crippen molar-refractivity contribution in [2.24, 2.45) is 5.41 Å². The Kier molecular flexibility index (Phi) is 19.9. The highest BCUT2D eigenvalue weighted by molar-refractivity contribution is 5.70. The van der Waals surface area contributed by atoms with Crippen LogP contribution in [-0.4, -0.2) is 49.4 Å². The molecule has 0 aromatic carbocycles. The van der Waals surface area contributed by atoms with Gasteiger partial charge in [-0.3, -0.25) is 14.4 Å². The highest BCUT2D eigenvalue weighted by Gasteiger charge is 2.35. The third-order valence-electron chi connectivity index (χ3n) is 5.66. The molecular weight excluding hydrogens is 424 g/mol. The van der Waals surface area contributed by atoms with Gasteiger partial charge in [0.1, 0.15) is 19.8 Å². The van der Waals surface area contributed by atoms with E-state index < -0.39 is 12.0 Å². The first kappa shape index (κ1) is 31.4. The predicted octanol–water partition coefficient (Wildman–Crippen LogP) is 5.51. The molecule has 0 fully saturated rings. The molecule has 0 aliphatic carbocycles. The minimum absolute atomic E-state index is 0.164. The monoisotopic (exact) mass is 472 g/mol. The number of carbonyl (C=O) groups excluding carboxylic acids is 3. The van der Waals surface area contributed by atoms with Crippen LogP contribution in [0.25, 0.3) is 0 Å². The van der Waals surface area contributed by atoms with Gasteiger partial charge < -0.3 is 19.3 Å². The van der Waals surface area contributed by atoms with Crippen LogP contribution >= 0.6 is 0 Å². The van der Waals surface area contributed by atoms with Gasteiger partial charge in [-0.15, -0.1) is 0 Å². The average molecular weight is 473 g/mol. The molecule has 0 bridgehead atoms. The number of rotatable bonds is 22. The Balaban J connectivity index is 4.71. The van der Waals surface area contributed by atoms with Gasteiger partial charge in [-0.05, 0) is 19.3 Å².